The molecule has 0 spiro atoms. The van der Waals surface area contributed by atoms with Gasteiger partial charge in [-0.3, -0.25) is 0 Å². The molecule has 0 aromatic heterocycles. The zero-order valence-corrected chi connectivity index (χ0v) is 14.9. The van der Waals surface area contributed by atoms with Crippen molar-refractivity contribution in [3.05, 3.63) is 66.4 Å². The van der Waals surface area contributed by atoms with Gasteiger partial charge in [-0.2, -0.15) is 0 Å². The Bertz CT molecular complexity index is 998. The number of urea groups is 1. The fourth-order valence-electron chi connectivity index (χ4n) is 2.26. The maximum Gasteiger partial charge on any atom is 0.323 e. The lowest BCUT2D eigenvalue weighted by Gasteiger charge is -2.05. The number of nitrogens with two attached hydrogens (primary N) is 1. The van der Waals surface area contributed by atoms with Crippen molar-refractivity contribution in [2.75, 3.05) is 12.1 Å². The van der Waals surface area contributed by atoms with Crippen LogP contribution in [0.25, 0.3) is 6.08 Å². The standard InChI is InChI=1S/C18H17N3O5S/c19-27(23,24)15-7-5-14(6-8-15)21-18(22)20-10-2-1-3-13-4-9-16-17(11-13)26-12-25-16/h1-11H,12H2,(H2,19,23,24)(H2,20,21,22)/b3-1+,10-2+. The van der Waals surface area contributed by atoms with E-state index in [2.05, 4.69) is 10.6 Å². The molecule has 2 aromatic carbocycles. The van der Waals surface area contributed by atoms with Gasteiger partial charge in [0.2, 0.25) is 16.8 Å². The summed E-state index contributed by atoms with van der Waals surface area (Å²) in [5, 5.41) is 10.1. The number of amides is 2. The van der Waals surface area contributed by atoms with Crippen LogP contribution in [0.15, 0.2) is 65.7 Å². The summed E-state index contributed by atoms with van der Waals surface area (Å²) in [6, 6.07) is 10.6. The minimum absolute atomic E-state index is 0.0259. The van der Waals surface area contributed by atoms with Crippen LogP contribution in [0.4, 0.5) is 10.5 Å². The fourth-order valence-corrected chi connectivity index (χ4v) is 2.77. The number of benzene rings is 2. The summed E-state index contributed by atoms with van der Waals surface area (Å²) in [7, 11) is -3.76. The number of fused-ring (bicyclic) bond motifs is 1. The average molecular weight is 387 g/mol. The van der Waals surface area contributed by atoms with E-state index in [0.29, 0.717) is 11.4 Å². The van der Waals surface area contributed by atoms with Crippen LogP contribution >= 0.6 is 0 Å². The van der Waals surface area contributed by atoms with Crippen LogP contribution in [0.1, 0.15) is 5.56 Å². The Balaban J connectivity index is 1.48. The van der Waals surface area contributed by atoms with Gasteiger partial charge in [-0.15, -0.1) is 0 Å². The number of sulfonamides is 1. The summed E-state index contributed by atoms with van der Waals surface area (Å²) in [5.74, 6) is 1.42. The highest BCUT2D eigenvalue weighted by Gasteiger charge is 2.12. The van der Waals surface area contributed by atoms with E-state index in [4.69, 9.17) is 14.6 Å². The van der Waals surface area contributed by atoms with Gasteiger partial charge in [-0.25, -0.2) is 18.4 Å². The van der Waals surface area contributed by atoms with Crippen molar-refractivity contribution in [1.29, 1.82) is 0 Å². The third-order valence-electron chi connectivity index (χ3n) is 3.55. The molecule has 0 bridgehead atoms. The van der Waals surface area contributed by atoms with E-state index in [1.807, 2.05) is 24.3 Å². The second-order valence-electron chi connectivity index (χ2n) is 5.50. The van der Waals surface area contributed by atoms with Crippen molar-refractivity contribution in [3.63, 3.8) is 0 Å². The van der Waals surface area contributed by atoms with Crippen molar-refractivity contribution in [3.8, 4) is 11.5 Å². The number of ether oxygens (including phenoxy) is 2. The molecule has 0 saturated carbocycles. The molecule has 4 N–H and O–H groups in total. The first-order valence-corrected chi connectivity index (χ1v) is 9.40. The van der Waals surface area contributed by atoms with E-state index < -0.39 is 16.1 Å². The van der Waals surface area contributed by atoms with E-state index in [1.165, 1.54) is 30.5 Å². The third-order valence-corrected chi connectivity index (χ3v) is 4.48. The van der Waals surface area contributed by atoms with Gasteiger partial charge in [0.1, 0.15) is 0 Å². The Labute approximate surface area is 156 Å². The van der Waals surface area contributed by atoms with Crippen molar-refractivity contribution in [2.24, 2.45) is 5.14 Å². The summed E-state index contributed by atoms with van der Waals surface area (Å²) in [5.41, 5.74) is 1.37. The lowest BCUT2D eigenvalue weighted by molar-refractivity contribution is 0.174. The number of carbonyl (C=O) groups is 1. The molecule has 0 radical (unpaired) electrons. The van der Waals surface area contributed by atoms with E-state index in [-0.39, 0.29) is 11.7 Å². The number of carbonyl (C=O) groups excluding carboxylic acids is 1. The van der Waals surface area contributed by atoms with Gasteiger partial charge >= 0.3 is 6.03 Å². The van der Waals surface area contributed by atoms with Crippen molar-refractivity contribution >= 4 is 27.8 Å². The Morgan fingerprint density at radius 2 is 1.78 bits per heavy atom. The number of primary sulfonamides is 1. The molecule has 8 nitrogen and oxygen atoms in total. The molecule has 3 rings (SSSR count). The first-order valence-electron chi connectivity index (χ1n) is 7.85. The Morgan fingerprint density at radius 3 is 2.52 bits per heavy atom. The highest BCUT2D eigenvalue weighted by molar-refractivity contribution is 7.89. The molecule has 0 saturated heterocycles. The van der Waals surface area contributed by atoms with Crippen LogP contribution in [0.3, 0.4) is 0 Å². The predicted octanol–water partition coefficient (Wildman–Crippen LogP) is 2.41. The van der Waals surface area contributed by atoms with Crippen molar-refractivity contribution in [2.45, 2.75) is 4.90 Å². The summed E-state index contributed by atoms with van der Waals surface area (Å²) in [4.78, 5) is 11.8. The number of rotatable bonds is 5. The molecular weight excluding hydrogens is 370 g/mol. The smallest absolute Gasteiger partial charge is 0.323 e. The second kappa shape index (κ2) is 7.94. The maximum absolute atomic E-state index is 11.8. The average Bonchev–Trinajstić information content (AvgIpc) is 3.09. The SMILES string of the molecule is NS(=O)(=O)c1ccc(NC(=O)N/C=C/C=C/c2ccc3c(c2)OCO3)cc1. The molecule has 1 aliphatic heterocycles. The van der Waals surface area contributed by atoms with Crippen LogP contribution in [0.5, 0.6) is 11.5 Å². The molecular formula is C18H17N3O5S. The molecule has 140 valence electrons. The van der Waals surface area contributed by atoms with Gasteiger partial charge in [0.25, 0.3) is 0 Å². The van der Waals surface area contributed by atoms with Crippen LogP contribution < -0.4 is 25.2 Å². The molecule has 27 heavy (non-hydrogen) atoms. The highest BCUT2D eigenvalue weighted by atomic mass is 32.2. The minimum atomic E-state index is -3.76. The molecule has 9 heteroatoms. The topological polar surface area (TPSA) is 120 Å². The molecule has 0 aliphatic carbocycles. The Hall–Kier alpha value is -3.30. The molecule has 0 unspecified atom stereocenters. The Kier molecular flexibility index (Phi) is 5.43. The van der Waals surface area contributed by atoms with E-state index in [9.17, 15) is 13.2 Å². The Morgan fingerprint density at radius 1 is 1.04 bits per heavy atom. The summed E-state index contributed by atoms with van der Waals surface area (Å²) >= 11 is 0. The molecule has 0 fully saturated rings. The molecule has 0 atom stereocenters. The summed E-state index contributed by atoms with van der Waals surface area (Å²) in [6.45, 7) is 0.228. The van der Waals surface area contributed by atoms with Gasteiger partial charge in [0.15, 0.2) is 11.5 Å². The maximum atomic E-state index is 11.8. The van der Waals surface area contributed by atoms with Crippen LogP contribution in [-0.4, -0.2) is 21.2 Å². The zero-order valence-electron chi connectivity index (χ0n) is 14.1. The lowest BCUT2D eigenvalue weighted by Crippen LogP contribution is -2.23. The van der Waals surface area contributed by atoms with Gasteiger partial charge in [-0.1, -0.05) is 18.2 Å². The van der Waals surface area contributed by atoms with E-state index in [1.54, 1.807) is 12.2 Å². The monoisotopic (exact) mass is 387 g/mol. The van der Waals surface area contributed by atoms with Crippen LogP contribution in [0.2, 0.25) is 0 Å². The van der Waals surface area contributed by atoms with Crippen molar-refractivity contribution < 1.29 is 22.7 Å². The summed E-state index contributed by atoms with van der Waals surface area (Å²) < 4.78 is 32.9. The number of hydrogen-bond acceptors (Lipinski definition) is 5. The van der Waals surface area contributed by atoms with E-state index >= 15 is 0 Å². The molecule has 2 aromatic rings. The first kappa shape index (κ1) is 18.5. The summed E-state index contributed by atoms with van der Waals surface area (Å²) in [6.07, 6.45) is 6.74. The van der Waals surface area contributed by atoms with Gasteiger partial charge in [0.05, 0.1) is 4.90 Å². The second-order valence-corrected chi connectivity index (χ2v) is 7.06. The largest absolute Gasteiger partial charge is 0.454 e. The normalized spacial score (nSPS) is 13.2. The number of nitrogens with one attached hydrogen (secondary N) is 2. The van der Waals surface area contributed by atoms with Gasteiger partial charge < -0.3 is 20.1 Å². The number of hydrogen-bond donors (Lipinski definition) is 3. The van der Waals surface area contributed by atoms with Crippen molar-refractivity contribution in [1.82, 2.24) is 5.32 Å². The zero-order chi connectivity index (χ0) is 19.3. The third kappa shape index (κ3) is 5.09. The molecule has 1 heterocycles. The highest BCUT2D eigenvalue weighted by Crippen LogP contribution is 2.32. The van der Waals surface area contributed by atoms with Crippen LogP contribution in [0, 0.1) is 0 Å². The number of anilines is 1. The lowest BCUT2D eigenvalue weighted by atomic mass is 10.2. The quantitative estimate of drug-likeness (QED) is 0.681. The van der Waals surface area contributed by atoms with Crippen LogP contribution in [-0.2, 0) is 10.0 Å². The van der Waals surface area contributed by atoms with E-state index in [0.717, 1.165) is 11.3 Å². The fraction of sp³-hybridized carbons (Fsp3) is 0.0556. The molecule has 2 amide bonds. The van der Waals surface area contributed by atoms with Gasteiger partial charge in [0, 0.05) is 11.9 Å². The minimum Gasteiger partial charge on any atom is -0.454 e. The number of allylic oxidation sites excluding steroid dienone is 2. The predicted molar refractivity (Wildman–Crippen MR) is 101 cm³/mol. The molecule has 1 aliphatic rings. The first-order chi connectivity index (χ1) is 12.9. The van der Waals surface area contributed by atoms with Gasteiger partial charge in [-0.05, 0) is 48.0 Å².